The average Bonchev–Trinajstić information content (AvgIpc) is 2.61. The topological polar surface area (TPSA) is 29.0 Å². The summed E-state index contributed by atoms with van der Waals surface area (Å²) in [4.78, 5) is 11.2. The van der Waals surface area contributed by atoms with E-state index in [2.05, 4.69) is 14.9 Å². The van der Waals surface area contributed by atoms with E-state index in [9.17, 15) is 0 Å². The Morgan fingerprint density at radius 2 is 1.92 bits per heavy atom. The predicted octanol–water partition coefficient (Wildman–Crippen LogP) is 1.69. The van der Waals surface area contributed by atoms with Crippen molar-refractivity contribution in [2.75, 3.05) is 18.0 Å². The SMILES string of the molecule is Cc1cnc(C)c(N2CCCC2)n1. The summed E-state index contributed by atoms with van der Waals surface area (Å²) in [6, 6.07) is 0. The Labute approximate surface area is 78.8 Å². The first-order chi connectivity index (χ1) is 6.27. The highest BCUT2D eigenvalue weighted by Gasteiger charge is 2.15. The lowest BCUT2D eigenvalue weighted by Crippen LogP contribution is -2.20. The standard InChI is InChI=1S/C10H15N3/c1-8-7-11-9(2)10(12-8)13-5-3-4-6-13/h7H,3-6H2,1-2H3. The van der Waals surface area contributed by atoms with Crippen LogP contribution in [-0.4, -0.2) is 23.1 Å². The van der Waals surface area contributed by atoms with Crippen molar-refractivity contribution in [1.82, 2.24) is 9.97 Å². The Bertz CT molecular complexity index is 303. The third kappa shape index (κ3) is 1.64. The van der Waals surface area contributed by atoms with E-state index in [1.165, 1.54) is 12.8 Å². The van der Waals surface area contributed by atoms with Crippen molar-refractivity contribution < 1.29 is 0 Å². The van der Waals surface area contributed by atoms with Crippen LogP contribution < -0.4 is 4.90 Å². The fraction of sp³-hybridized carbons (Fsp3) is 0.600. The molecule has 0 aliphatic carbocycles. The van der Waals surface area contributed by atoms with Crippen molar-refractivity contribution in [2.24, 2.45) is 0 Å². The summed E-state index contributed by atoms with van der Waals surface area (Å²) in [5.74, 6) is 1.08. The molecular weight excluding hydrogens is 162 g/mol. The maximum absolute atomic E-state index is 4.52. The van der Waals surface area contributed by atoms with Crippen LogP contribution in [-0.2, 0) is 0 Å². The van der Waals surface area contributed by atoms with E-state index in [0.29, 0.717) is 0 Å². The van der Waals surface area contributed by atoms with Crippen molar-refractivity contribution in [2.45, 2.75) is 26.7 Å². The van der Waals surface area contributed by atoms with Crippen molar-refractivity contribution in [1.29, 1.82) is 0 Å². The molecule has 3 heteroatoms. The smallest absolute Gasteiger partial charge is 0.150 e. The minimum atomic E-state index is 1.01. The highest BCUT2D eigenvalue weighted by atomic mass is 15.2. The zero-order chi connectivity index (χ0) is 9.26. The van der Waals surface area contributed by atoms with Crippen LogP contribution >= 0.6 is 0 Å². The highest BCUT2D eigenvalue weighted by Crippen LogP contribution is 2.20. The van der Waals surface area contributed by atoms with Gasteiger partial charge in [-0.1, -0.05) is 0 Å². The molecule has 0 amide bonds. The molecule has 0 atom stereocenters. The van der Waals surface area contributed by atoms with Crippen molar-refractivity contribution >= 4 is 5.82 Å². The van der Waals surface area contributed by atoms with Gasteiger partial charge in [-0.15, -0.1) is 0 Å². The van der Waals surface area contributed by atoms with E-state index in [-0.39, 0.29) is 0 Å². The molecule has 0 bridgehead atoms. The van der Waals surface area contributed by atoms with Gasteiger partial charge in [-0.2, -0.15) is 0 Å². The molecule has 0 unspecified atom stereocenters. The molecule has 3 nitrogen and oxygen atoms in total. The quantitative estimate of drug-likeness (QED) is 0.653. The van der Waals surface area contributed by atoms with Gasteiger partial charge in [0.1, 0.15) is 5.82 Å². The second kappa shape index (κ2) is 3.32. The van der Waals surface area contributed by atoms with Gasteiger partial charge >= 0.3 is 0 Å². The number of rotatable bonds is 1. The number of aromatic nitrogens is 2. The molecule has 1 aromatic heterocycles. The number of anilines is 1. The Hall–Kier alpha value is -1.12. The first-order valence-electron chi connectivity index (χ1n) is 4.82. The Balaban J connectivity index is 2.32. The zero-order valence-electron chi connectivity index (χ0n) is 8.25. The second-order valence-corrected chi connectivity index (χ2v) is 3.61. The van der Waals surface area contributed by atoms with Gasteiger partial charge in [-0.05, 0) is 26.7 Å². The third-order valence-corrected chi connectivity index (χ3v) is 2.46. The fourth-order valence-electron chi connectivity index (χ4n) is 1.75. The second-order valence-electron chi connectivity index (χ2n) is 3.61. The van der Waals surface area contributed by atoms with E-state index in [0.717, 1.165) is 30.3 Å². The van der Waals surface area contributed by atoms with Gasteiger partial charge in [0.15, 0.2) is 0 Å². The van der Waals surface area contributed by atoms with Gasteiger partial charge < -0.3 is 4.90 Å². The van der Waals surface area contributed by atoms with Gasteiger partial charge in [0.2, 0.25) is 0 Å². The molecule has 1 saturated heterocycles. The molecule has 0 spiro atoms. The lowest BCUT2D eigenvalue weighted by Gasteiger charge is -2.17. The molecule has 0 saturated carbocycles. The molecule has 1 aromatic rings. The van der Waals surface area contributed by atoms with Crippen LogP contribution in [0.4, 0.5) is 5.82 Å². The number of hydrogen-bond donors (Lipinski definition) is 0. The normalized spacial score (nSPS) is 16.6. The summed E-state index contributed by atoms with van der Waals surface area (Å²) in [6.45, 7) is 6.30. The van der Waals surface area contributed by atoms with E-state index in [1.54, 1.807) is 0 Å². The van der Waals surface area contributed by atoms with Gasteiger partial charge in [0, 0.05) is 19.3 Å². The van der Waals surface area contributed by atoms with E-state index < -0.39 is 0 Å². The summed E-state index contributed by atoms with van der Waals surface area (Å²) < 4.78 is 0. The van der Waals surface area contributed by atoms with E-state index in [4.69, 9.17) is 0 Å². The molecule has 2 heterocycles. The van der Waals surface area contributed by atoms with Gasteiger partial charge in [-0.3, -0.25) is 4.98 Å². The van der Waals surface area contributed by atoms with Crippen molar-refractivity contribution in [3.05, 3.63) is 17.6 Å². The molecular formula is C10H15N3. The van der Waals surface area contributed by atoms with Crippen LogP contribution in [0.2, 0.25) is 0 Å². The monoisotopic (exact) mass is 177 g/mol. The largest absolute Gasteiger partial charge is 0.355 e. The van der Waals surface area contributed by atoms with Crippen LogP contribution in [0.5, 0.6) is 0 Å². The predicted molar refractivity (Wildman–Crippen MR) is 53.0 cm³/mol. The number of hydrogen-bond acceptors (Lipinski definition) is 3. The molecule has 1 aliphatic rings. The maximum atomic E-state index is 4.52. The molecule has 70 valence electrons. The molecule has 0 N–H and O–H groups in total. The number of aryl methyl sites for hydroxylation is 2. The molecule has 1 fully saturated rings. The van der Waals surface area contributed by atoms with Gasteiger partial charge in [0.25, 0.3) is 0 Å². The third-order valence-electron chi connectivity index (χ3n) is 2.46. The molecule has 0 radical (unpaired) electrons. The van der Waals surface area contributed by atoms with Crippen LogP contribution in [0.3, 0.4) is 0 Å². The van der Waals surface area contributed by atoms with E-state index in [1.807, 2.05) is 20.0 Å². The summed E-state index contributed by atoms with van der Waals surface area (Å²) >= 11 is 0. The Kier molecular flexibility index (Phi) is 2.17. The molecule has 0 aromatic carbocycles. The maximum Gasteiger partial charge on any atom is 0.150 e. The van der Waals surface area contributed by atoms with Gasteiger partial charge in [0.05, 0.1) is 11.4 Å². The molecule has 1 aliphatic heterocycles. The minimum absolute atomic E-state index is 1.01. The number of nitrogens with zero attached hydrogens (tertiary/aromatic N) is 3. The lowest BCUT2D eigenvalue weighted by molar-refractivity contribution is 0.898. The summed E-state index contributed by atoms with van der Waals surface area (Å²) in [7, 11) is 0. The van der Waals surface area contributed by atoms with Crippen LogP contribution in [0.25, 0.3) is 0 Å². The first-order valence-corrected chi connectivity index (χ1v) is 4.82. The van der Waals surface area contributed by atoms with Crippen LogP contribution in [0.1, 0.15) is 24.2 Å². The lowest BCUT2D eigenvalue weighted by atomic mass is 10.4. The Morgan fingerprint density at radius 1 is 1.23 bits per heavy atom. The summed E-state index contributed by atoms with van der Waals surface area (Å²) in [5.41, 5.74) is 2.06. The Morgan fingerprint density at radius 3 is 2.62 bits per heavy atom. The summed E-state index contributed by atoms with van der Waals surface area (Å²) in [6.07, 6.45) is 4.40. The van der Waals surface area contributed by atoms with Crippen LogP contribution in [0, 0.1) is 13.8 Å². The first kappa shape index (κ1) is 8.48. The fourth-order valence-corrected chi connectivity index (χ4v) is 1.75. The minimum Gasteiger partial charge on any atom is -0.355 e. The zero-order valence-corrected chi connectivity index (χ0v) is 8.25. The van der Waals surface area contributed by atoms with Gasteiger partial charge in [-0.25, -0.2) is 4.98 Å². The van der Waals surface area contributed by atoms with E-state index >= 15 is 0 Å². The van der Waals surface area contributed by atoms with Crippen molar-refractivity contribution in [3.63, 3.8) is 0 Å². The van der Waals surface area contributed by atoms with Crippen LogP contribution in [0.15, 0.2) is 6.20 Å². The highest BCUT2D eigenvalue weighted by molar-refractivity contribution is 5.43. The summed E-state index contributed by atoms with van der Waals surface area (Å²) in [5, 5.41) is 0. The molecule has 2 rings (SSSR count). The van der Waals surface area contributed by atoms with Crippen molar-refractivity contribution in [3.8, 4) is 0 Å². The average molecular weight is 177 g/mol. The molecule has 13 heavy (non-hydrogen) atoms.